The van der Waals surface area contributed by atoms with E-state index < -0.39 is 0 Å². The third-order valence-electron chi connectivity index (χ3n) is 3.80. The van der Waals surface area contributed by atoms with Gasteiger partial charge in [-0.2, -0.15) is 0 Å². The van der Waals surface area contributed by atoms with Crippen molar-refractivity contribution in [3.63, 3.8) is 0 Å². The summed E-state index contributed by atoms with van der Waals surface area (Å²) >= 11 is 0. The van der Waals surface area contributed by atoms with Crippen molar-refractivity contribution in [2.24, 2.45) is 0 Å². The Balaban J connectivity index is 1.62. The van der Waals surface area contributed by atoms with Gasteiger partial charge in [-0.1, -0.05) is 18.2 Å². The largest absolute Gasteiger partial charge is 0.459 e. The quantitative estimate of drug-likeness (QED) is 0.910. The minimum absolute atomic E-state index is 0.0496. The van der Waals surface area contributed by atoms with Gasteiger partial charge in [-0.15, -0.1) is 0 Å². The fraction of sp³-hybridized carbons (Fsp3) is 0.500. The number of furan rings is 1. The van der Waals surface area contributed by atoms with E-state index in [2.05, 4.69) is 25.2 Å². The summed E-state index contributed by atoms with van der Waals surface area (Å²) in [7, 11) is 0. The second-order valence-corrected chi connectivity index (χ2v) is 5.22. The van der Waals surface area contributed by atoms with Crippen molar-refractivity contribution in [2.45, 2.75) is 32.6 Å². The Hall–Kier alpha value is -1.36. The van der Waals surface area contributed by atoms with E-state index in [0.29, 0.717) is 13.2 Å². The van der Waals surface area contributed by atoms with E-state index in [9.17, 15) is 0 Å². The molecule has 0 aliphatic carbocycles. The molecule has 1 N–H and O–H groups in total. The molecule has 1 saturated heterocycles. The molecule has 1 aliphatic heterocycles. The Kier molecular flexibility index (Phi) is 4.05. The Bertz CT molecular complexity index is 572. The molecule has 1 aliphatic rings. The van der Waals surface area contributed by atoms with Crippen LogP contribution in [0.1, 0.15) is 30.7 Å². The van der Waals surface area contributed by atoms with Gasteiger partial charge in [0.05, 0.1) is 19.3 Å². The van der Waals surface area contributed by atoms with Crippen molar-refractivity contribution < 1.29 is 13.9 Å². The Morgan fingerprint density at radius 1 is 1.25 bits per heavy atom. The molecule has 0 saturated carbocycles. The van der Waals surface area contributed by atoms with Gasteiger partial charge in [0.15, 0.2) is 6.29 Å². The number of aryl methyl sites for hydroxylation is 1. The number of rotatable bonds is 5. The van der Waals surface area contributed by atoms with Crippen LogP contribution in [0.4, 0.5) is 0 Å². The summed E-state index contributed by atoms with van der Waals surface area (Å²) in [6, 6.07) is 8.34. The van der Waals surface area contributed by atoms with Crippen LogP contribution in [0.25, 0.3) is 11.0 Å². The van der Waals surface area contributed by atoms with E-state index >= 15 is 0 Å². The number of ether oxygens (including phenoxy) is 2. The second-order valence-electron chi connectivity index (χ2n) is 5.22. The molecule has 20 heavy (non-hydrogen) atoms. The molecule has 0 radical (unpaired) electrons. The van der Waals surface area contributed by atoms with Crippen LogP contribution in [0.2, 0.25) is 0 Å². The number of nitrogens with one attached hydrogen (secondary N) is 1. The smallest absolute Gasteiger partial charge is 0.159 e. The highest BCUT2D eigenvalue weighted by Crippen LogP contribution is 2.29. The third kappa shape index (κ3) is 2.73. The molecule has 0 spiro atoms. The lowest BCUT2D eigenvalue weighted by molar-refractivity contribution is -0.0462. The molecule has 4 heteroatoms. The SMILES string of the molecule is Cc1c(C(C)NCCC2OCCO2)oc2ccccc12. The van der Waals surface area contributed by atoms with Crippen LogP contribution < -0.4 is 5.32 Å². The Morgan fingerprint density at radius 2 is 2.00 bits per heavy atom. The molecule has 1 aromatic carbocycles. The monoisotopic (exact) mass is 275 g/mol. The standard InChI is InChI=1S/C16H21NO3/c1-11-13-5-3-4-6-14(13)20-16(11)12(2)17-8-7-15-18-9-10-19-15/h3-6,12,15,17H,7-10H2,1-2H3. The molecule has 1 aromatic heterocycles. The zero-order valence-electron chi connectivity index (χ0n) is 12.0. The van der Waals surface area contributed by atoms with E-state index in [1.165, 1.54) is 10.9 Å². The van der Waals surface area contributed by atoms with Crippen LogP contribution in [0, 0.1) is 6.92 Å². The Labute approximate surface area is 119 Å². The van der Waals surface area contributed by atoms with Gasteiger partial charge >= 0.3 is 0 Å². The molecule has 4 nitrogen and oxygen atoms in total. The topological polar surface area (TPSA) is 43.6 Å². The first-order valence-electron chi connectivity index (χ1n) is 7.20. The van der Waals surface area contributed by atoms with Crippen LogP contribution in [0.15, 0.2) is 28.7 Å². The van der Waals surface area contributed by atoms with Crippen molar-refractivity contribution in [2.75, 3.05) is 19.8 Å². The number of para-hydroxylation sites is 1. The van der Waals surface area contributed by atoms with Gasteiger partial charge in [-0.3, -0.25) is 0 Å². The van der Waals surface area contributed by atoms with Crippen molar-refractivity contribution in [1.29, 1.82) is 0 Å². The molecule has 3 rings (SSSR count). The summed E-state index contributed by atoms with van der Waals surface area (Å²) in [6.07, 6.45) is 0.815. The van der Waals surface area contributed by atoms with Crippen molar-refractivity contribution in [1.82, 2.24) is 5.32 Å². The summed E-state index contributed by atoms with van der Waals surface area (Å²) < 4.78 is 16.8. The number of benzene rings is 1. The first-order valence-corrected chi connectivity index (χ1v) is 7.20. The van der Waals surface area contributed by atoms with Gasteiger partial charge in [0, 0.05) is 18.4 Å². The van der Waals surface area contributed by atoms with Crippen LogP contribution in [0.3, 0.4) is 0 Å². The zero-order valence-corrected chi connectivity index (χ0v) is 12.0. The molecule has 1 atom stereocenters. The van der Waals surface area contributed by atoms with Gasteiger partial charge in [0.25, 0.3) is 0 Å². The van der Waals surface area contributed by atoms with Gasteiger partial charge in [-0.05, 0) is 25.5 Å². The summed E-state index contributed by atoms with van der Waals surface area (Å²) in [4.78, 5) is 0. The van der Waals surface area contributed by atoms with E-state index in [1.54, 1.807) is 0 Å². The summed E-state index contributed by atoms with van der Waals surface area (Å²) in [5, 5.41) is 4.67. The minimum Gasteiger partial charge on any atom is -0.459 e. The second kappa shape index (κ2) is 5.95. The van der Waals surface area contributed by atoms with E-state index in [-0.39, 0.29) is 12.3 Å². The molecule has 1 unspecified atom stereocenters. The van der Waals surface area contributed by atoms with Crippen LogP contribution in [-0.2, 0) is 9.47 Å². The molecular weight excluding hydrogens is 254 g/mol. The fourth-order valence-corrected chi connectivity index (χ4v) is 2.69. The van der Waals surface area contributed by atoms with Crippen molar-refractivity contribution in [3.8, 4) is 0 Å². The Morgan fingerprint density at radius 3 is 2.75 bits per heavy atom. The average molecular weight is 275 g/mol. The average Bonchev–Trinajstić information content (AvgIpc) is 3.08. The summed E-state index contributed by atoms with van der Waals surface area (Å²) in [5.41, 5.74) is 2.17. The molecule has 1 fully saturated rings. The lowest BCUT2D eigenvalue weighted by atomic mass is 10.1. The van der Waals surface area contributed by atoms with Crippen LogP contribution in [-0.4, -0.2) is 26.0 Å². The number of hydrogen-bond donors (Lipinski definition) is 1. The molecular formula is C16H21NO3. The maximum absolute atomic E-state index is 5.96. The highest BCUT2D eigenvalue weighted by atomic mass is 16.7. The van der Waals surface area contributed by atoms with E-state index in [0.717, 1.165) is 24.3 Å². The molecule has 0 bridgehead atoms. The molecule has 2 heterocycles. The normalized spacial score (nSPS) is 17.9. The van der Waals surface area contributed by atoms with E-state index in [1.807, 2.05) is 18.2 Å². The zero-order chi connectivity index (χ0) is 13.9. The lowest BCUT2D eigenvalue weighted by Crippen LogP contribution is -2.24. The minimum atomic E-state index is -0.0496. The van der Waals surface area contributed by atoms with Crippen LogP contribution >= 0.6 is 0 Å². The highest BCUT2D eigenvalue weighted by molar-refractivity contribution is 5.82. The van der Waals surface area contributed by atoms with Gasteiger partial charge in [-0.25, -0.2) is 0 Å². The predicted octanol–water partition coefficient (Wildman–Crippen LogP) is 3.15. The molecule has 108 valence electrons. The van der Waals surface area contributed by atoms with Gasteiger partial charge < -0.3 is 19.2 Å². The van der Waals surface area contributed by atoms with Crippen molar-refractivity contribution in [3.05, 3.63) is 35.6 Å². The summed E-state index contributed by atoms with van der Waals surface area (Å²) in [6.45, 7) is 6.51. The maximum atomic E-state index is 5.96. The van der Waals surface area contributed by atoms with Gasteiger partial charge in [0.1, 0.15) is 11.3 Å². The third-order valence-corrected chi connectivity index (χ3v) is 3.80. The van der Waals surface area contributed by atoms with Gasteiger partial charge in [0.2, 0.25) is 0 Å². The first kappa shape index (κ1) is 13.6. The fourth-order valence-electron chi connectivity index (χ4n) is 2.69. The first-order chi connectivity index (χ1) is 9.75. The summed E-state index contributed by atoms with van der Waals surface area (Å²) in [5.74, 6) is 1.01. The number of hydrogen-bond acceptors (Lipinski definition) is 4. The van der Waals surface area contributed by atoms with E-state index in [4.69, 9.17) is 13.9 Å². The molecule has 0 amide bonds. The molecule has 2 aromatic rings. The highest BCUT2D eigenvalue weighted by Gasteiger charge is 2.18. The van der Waals surface area contributed by atoms with Crippen LogP contribution in [0.5, 0.6) is 0 Å². The van der Waals surface area contributed by atoms with Crippen molar-refractivity contribution >= 4 is 11.0 Å². The maximum Gasteiger partial charge on any atom is 0.159 e. The lowest BCUT2D eigenvalue weighted by Gasteiger charge is -2.14. The number of fused-ring (bicyclic) bond motifs is 1. The predicted molar refractivity (Wildman–Crippen MR) is 77.7 cm³/mol.